The van der Waals surface area contributed by atoms with E-state index < -0.39 is 11.8 Å². The summed E-state index contributed by atoms with van der Waals surface area (Å²) in [5, 5.41) is 15.1. The molecule has 0 unspecified atom stereocenters. The zero-order chi connectivity index (χ0) is 13.0. The third-order valence-corrected chi connectivity index (χ3v) is 2.29. The highest BCUT2D eigenvalue weighted by molar-refractivity contribution is 5.94. The van der Waals surface area contributed by atoms with Crippen molar-refractivity contribution in [2.24, 2.45) is 0 Å². The van der Waals surface area contributed by atoms with Gasteiger partial charge in [0.1, 0.15) is 5.82 Å². The average molecular weight is 251 g/mol. The van der Waals surface area contributed by atoms with E-state index in [1.807, 2.05) is 0 Å². The van der Waals surface area contributed by atoms with E-state index in [2.05, 4.69) is 15.5 Å². The molecule has 7 heteroatoms. The molecule has 2 N–H and O–H groups in total. The lowest BCUT2D eigenvalue weighted by Crippen LogP contribution is -2.11. The van der Waals surface area contributed by atoms with Crippen LogP contribution < -0.4 is 5.32 Å². The molecule has 1 aromatic carbocycles. The Kier molecular flexibility index (Phi) is 3.52. The van der Waals surface area contributed by atoms with Crippen molar-refractivity contribution in [2.75, 3.05) is 11.9 Å². The minimum absolute atomic E-state index is 0.0375. The molecule has 0 radical (unpaired) electrons. The molecule has 6 nitrogen and oxygen atoms in total. The van der Waals surface area contributed by atoms with Gasteiger partial charge in [-0.2, -0.15) is 4.98 Å². The number of halogens is 1. The topological polar surface area (TPSA) is 88.2 Å². The molecular formula is C11H10FN3O3. The minimum Gasteiger partial charge on any atom is -0.478 e. The zero-order valence-corrected chi connectivity index (χ0v) is 9.26. The number of carbonyl (C=O) groups is 1. The number of hydrogen-bond acceptors (Lipinski definition) is 5. The molecule has 18 heavy (non-hydrogen) atoms. The van der Waals surface area contributed by atoms with Gasteiger partial charge in [-0.1, -0.05) is 11.2 Å². The molecule has 2 rings (SSSR count). The highest BCUT2D eigenvalue weighted by atomic mass is 19.1. The molecule has 1 aromatic heterocycles. The number of aromatic carboxylic acids is 1. The summed E-state index contributed by atoms with van der Waals surface area (Å²) >= 11 is 0. The van der Waals surface area contributed by atoms with E-state index in [0.717, 1.165) is 0 Å². The van der Waals surface area contributed by atoms with Gasteiger partial charge in [-0.25, -0.2) is 9.18 Å². The summed E-state index contributed by atoms with van der Waals surface area (Å²) in [6.45, 7) is 0.295. The quantitative estimate of drug-likeness (QED) is 0.838. The number of nitrogens with one attached hydrogen (secondary N) is 1. The van der Waals surface area contributed by atoms with Gasteiger partial charge in [0.15, 0.2) is 6.33 Å². The van der Waals surface area contributed by atoms with E-state index in [4.69, 9.17) is 9.63 Å². The van der Waals surface area contributed by atoms with Crippen molar-refractivity contribution >= 4 is 11.7 Å². The van der Waals surface area contributed by atoms with Crippen molar-refractivity contribution in [2.45, 2.75) is 6.42 Å². The summed E-state index contributed by atoms with van der Waals surface area (Å²) in [5.74, 6) is -1.40. The predicted molar refractivity (Wildman–Crippen MR) is 59.9 cm³/mol. The van der Waals surface area contributed by atoms with E-state index in [1.165, 1.54) is 24.5 Å². The third-order valence-electron chi connectivity index (χ3n) is 2.29. The second-order valence-electron chi connectivity index (χ2n) is 3.48. The van der Waals surface area contributed by atoms with Crippen molar-refractivity contribution in [3.63, 3.8) is 0 Å². The van der Waals surface area contributed by atoms with Gasteiger partial charge >= 0.3 is 5.97 Å². The maximum absolute atomic E-state index is 13.5. The molecule has 0 aliphatic rings. The number of para-hydroxylation sites is 1. The molecular weight excluding hydrogens is 241 g/mol. The highest BCUT2D eigenvalue weighted by Crippen LogP contribution is 2.19. The summed E-state index contributed by atoms with van der Waals surface area (Å²) < 4.78 is 18.3. The Balaban J connectivity index is 2.06. The molecule has 0 bridgehead atoms. The highest BCUT2D eigenvalue weighted by Gasteiger charge is 2.13. The van der Waals surface area contributed by atoms with E-state index in [1.54, 1.807) is 0 Å². The fourth-order valence-electron chi connectivity index (χ4n) is 1.48. The minimum atomic E-state index is -1.19. The maximum Gasteiger partial charge on any atom is 0.337 e. The molecule has 0 aliphatic heterocycles. The Bertz CT molecular complexity index is 542. The Morgan fingerprint density at radius 2 is 2.33 bits per heavy atom. The second kappa shape index (κ2) is 5.26. The van der Waals surface area contributed by atoms with Crippen LogP contribution >= 0.6 is 0 Å². The lowest BCUT2D eigenvalue weighted by atomic mass is 10.1. The van der Waals surface area contributed by atoms with E-state index in [9.17, 15) is 9.18 Å². The number of carboxylic acid groups (broad SMARTS) is 1. The SMILES string of the molecule is O=C(O)c1cccc(F)c1NCCc1ncno1. The van der Waals surface area contributed by atoms with Crippen LogP contribution in [0.2, 0.25) is 0 Å². The lowest BCUT2D eigenvalue weighted by molar-refractivity contribution is 0.0697. The number of nitrogens with zero attached hydrogens (tertiary/aromatic N) is 2. The fraction of sp³-hybridized carbons (Fsp3) is 0.182. The number of rotatable bonds is 5. The van der Waals surface area contributed by atoms with Crippen molar-refractivity contribution in [1.82, 2.24) is 10.1 Å². The first-order chi connectivity index (χ1) is 8.68. The van der Waals surface area contributed by atoms with E-state index in [-0.39, 0.29) is 11.3 Å². The Morgan fingerprint density at radius 1 is 1.50 bits per heavy atom. The molecule has 0 saturated carbocycles. The number of benzene rings is 1. The molecule has 0 saturated heterocycles. The van der Waals surface area contributed by atoms with Crippen molar-refractivity contribution in [1.29, 1.82) is 0 Å². The van der Waals surface area contributed by atoms with Crippen LogP contribution in [-0.4, -0.2) is 27.8 Å². The molecule has 0 spiro atoms. The van der Waals surface area contributed by atoms with Gasteiger partial charge in [0.05, 0.1) is 11.3 Å². The van der Waals surface area contributed by atoms with Crippen LogP contribution in [0.4, 0.5) is 10.1 Å². The van der Waals surface area contributed by atoms with Crippen molar-refractivity contribution in [3.05, 3.63) is 41.8 Å². The van der Waals surface area contributed by atoms with E-state index in [0.29, 0.717) is 18.9 Å². The summed E-state index contributed by atoms with van der Waals surface area (Å²) in [4.78, 5) is 14.7. The average Bonchev–Trinajstić information content (AvgIpc) is 2.84. The summed E-state index contributed by atoms with van der Waals surface area (Å²) in [6, 6.07) is 3.88. The normalized spacial score (nSPS) is 10.3. The second-order valence-corrected chi connectivity index (χ2v) is 3.48. The van der Waals surface area contributed by atoms with Gasteiger partial charge in [0.25, 0.3) is 0 Å². The van der Waals surface area contributed by atoms with Gasteiger partial charge < -0.3 is 14.9 Å². The number of carboxylic acids is 1. The van der Waals surface area contributed by atoms with Gasteiger partial charge in [-0.3, -0.25) is 0 Å². The molecule has 0 fully saturated rings. The zero-order valence-electron chi connectivity index (χ0n) is 9.26. The van der Waals surface area contributed by atoms with Gasteiger partial charge in [0.2, 0.25) is 5.89 Å². The number of hydrogen-bond donors (Lipinski definition) is 2. The van der Waals surface area contributed by atoms with Gasteiger partial charge in [-0.05, 0) is 12.1 Å². The molecule has 2 aromatic rings. The maximum atomic E-state index is 13.5. The molecule has 0 amide bonds. The van der Waals surface area contributed by atoms with Crippen LogP contribution in [-0.2, 0) is 6.42 Å². The van der Waals surface area contributed by atoms with Crippen molar-refractivity contribution < 1.29 is 18.8 Å². The molecule has 0 atom stereocenters. The Morgan fingerprint density at radius 3 is 3.00 bits per heavy atom. The molecule has 94 valence electrons. The van der Waals surface area contributed by atoms with Crippen LogP contribution in [0.15, 0.2) is 29.0 Å². The monoisotopic (exact) mass is 251 g/mol. The van der Waals surface area contributed by atoms with Crippen molar-refractivity contribution in [3.8, 4) is 0 Å². The lowest BCUT2D eigenvalue weighted by Gasteiger charge is -2.09. The summed E-state index contributed by atoms with van der Waals surface area (Å²) in [6.07, 6.45) is 1.65. The van der Waals surface area contributed by atoms with Gasteiger partial charge in [0, 0.05) is 13.0 Å². The predicted octanol–water partition coefficient (Wildman–Crippen LogP) is 1.56. The van der Waals surface area contributed by atoms with Crippen LogP contribution in [0.5, 0.6) is 0 Å². The fourth-order valence-corrected chi connectivity index (χ4v) is 1.48. The first-order valence-corrected chi connectivity index (χ1v) is 5.19. The molecule has 1 heterocycles. The largest absolute Gasteiger partial charge is 0.478 e. The standard InChI is InChI=1S/C11H10FN3O3/c12-8-3-1-2-7(11(16)17)10(8)13-5-4-9-14-6-15-18-9/h1-3,6,13H,4-5H2,(H,16,17). The van der Waals surface area contributed by atoms with Crippen LogP contribution in [0.3, 0.4) is 0 Å². The van der Waals surface area contributed by atoms with Gasteiger partial charge in [-0.15, -0.1) is 0 Å². The number of aromatic nitrogens is 2. The molecule has 0 aliphatic carbocycles. The first-order valence-electron chi connectivity index (χ1n) is 5.19. The smallest absolute Gasteiger partial charge is 0.337 e. The van der Waals surface area contributed by atoms with Crippen LogP contribution in [0, 0.1) is 5.82 Å². The third kappa shape index (κ3) is 2.62. The first kappa shape index (κ1) is 12.0. The Labute approximate surface area is 101 Å². The van der Waals surface area contributed by atoms with Crippen LogP contribution in [0.1, 0.15) is 16.2 Å². The summed E-state index contributed by atoms with van der Waals surface area (Å²) in [5.41, 5.74) is -0.148. The Hall–Kier alpha value is -2.44. The number of anilines is 1. The summed E-state index contributed by atoms with van der Waals surface area (Å²) in [7, 11) is 0. The van der Waals surface area contributed by atoms with E-state index >= 15 is 0 Å². The van der Waals surface area contributed by atoms with Crippen LogP contribution in [0.25, 0.3) is 0 Å².